The molecule has 1 fully saturated rings. The van der Waals surface area contributed by atoms with E-state index in [4.69, 9.17) is 5.11 Å². The maximum Gasteiger partial charge on any atom is 0.233 e. The van der Waals surface area contributed by atoms with Gasteiger partial charge in [0.1, 0.15) is 0 Å². The van der Waals surface area contributed by atoms with Gasteiger partial charge in [-0.15, -0.1) is 0 Å². The highest BCUT2D eigenvalue weighted by atomic mass is 16.3. The number of rotatable bonds is 1. The molecule has 0 bridgehead atoms. The van der Waals surface area contributed by atoms with Crippen molar-refractivity contribution < 1.29 is 15.0 Å². The van der Waals surface area contributed by atoms with Crippen LogP contribution in [0.5, 0.6) is 0 Å². The molecule has 0 aromatic rings. The summed E-state index contributed by atoms with van der Waals surface area (Å²) in [5.74, 6) is -0.194. The summed E-state index contributed by atoms with van der Waals surface area (Å²) in [5.41, 5.74) is 2.68. The van der Waals surface area contributed by atoms with E-state index in [1.54, 1.807) is 0 Å². The molecule has 1 heterocycles. The molecule has 1 aliphatic heterocycles. The Bertz CT molecular complexity index is 162. The number of amides is 1. The standard InChI is InChI=1S/C6H12N2O3/c1-4(10)8-5(3-9)6(11)2-7-8/h5-7,9,11H,2-3H2,1H3/t5-,6?/m1/s1. The second-order valence-corrected chi connectivity index (χ2v) is 2.57. The molecule has 1 saturated heterocycles. The molecule has 5 heteroatoms. The molecule has 0 spiro atoms. The predicted octanol–water partition coefficient (Wildman–Crippen LogP) is -1.93. The van der Waals surface area contributed by atoms with Gasteiger partial charge in [0.15, 0.2) is 0 Å². The number of aliphatic hydroxyl groups excluding tert-OH is 2. The monoisotopic (exact) mass is 160 g/mol. The molecule has 2 atom stereocenters. The van der Waals surface area contributed by atoms with Gasteiger partial charge >= 0.3 is 0 Å². The van der Waals surface area contributed by atoms with Crippen LogP contribution in [-0.4, -0.2) is 46.4 Å². The number of aliphatic hydroxyl groups is 2. The quantitative estimate of drug-likeness (QED) is 0.418. The lowest BCUT2D eigenvalue weighted by molar-refractivity contribution is -0.134. The van der Waals surface area contributed by atoms with Gasteiger partial charge in [0.25, 0.3) is 0 Å². The van der Waals surface area contributed by atoms with Crippen molar-refractivity contribution >= 4 is 5.91 Å². The van der Waals surface area contributed by atoms with Gasteiger partial charge in [0.05, 0.1) is 18.8 Å². The van der Waals surface area contributed by atoms with Crippen molar-refractivity contribution in [1.82, 2.24) is 10.4 Å². The second kappa shape index (κ2) is 3.17. The zero-order valence-electron chi connectivity index (χ0n) is 6.32. The Morgan fingerprint density at radius 3 is 2.82 bits per heavy atom. The third kappa shape index (κ3) is 1.50. The minimum atomic E-state index is -0.663. The highest BCUT2D eigenvalue weighted by Crippen LogP contribution is 2.08. The first-order valence-corrected chi connectivity index (χ1v) is 3.49. The van der Waals surface area contributed by atoms with E-state index in [1.807, 2.05) is 0 Å². The zero-order chi connectivity index (χ0) is 8.43. The van der Waals surface area contributed by atoms with E-state index in [9.17, 15) is 9.90 Å². The second-order valence-electron chi connectivity index (χ2n) is 2.57. The highest BCUT2D eigenvalue weighted by Gasteiger charge is 2.33. The minimum Gasteiger partial charge on any atom is -0.394 e. The summed E-state index contributed by atoms with van der Waals surface area (Å²) in [6.07, 6.45) is -0.663. The molecule has 1 rings (SSSR count). The largest absolute Gasteiger partial charge is 0.394 e. The van der Waals surface area contributed by atoms with E-state index in [0.717, 1.165) is 0 Å². The van der Waals surface area contributed by atoms with Crippen molar-refractivity contribution in [2.24, 2.45) is 0 Å². The number of β-amino-alcohol motifs (C(OH)–C–C–N with tert-alkyl or cyclic N) is 1. The molecule has 11 heavy (non-hydrogen) atoms. The molecule has 3 N–H and O–H groups in total. The maximum atomic E-state index is 10.8. The fraction of sp³-hybridized carbons (Fsp3) is 0.833. The Labute approximate surface area is 64.6 Å². The predicted molar refractivity (Wildman–Crippen MR) is 37.4 cm³/mol. The lowest BCUT2D eigenvalue weighted by Crippen LogP contribution is -2.44. The summed E-state index contributed by atoms with van der Waals surface area (Å²) in [5, 5.41) is 19.2. The highest BCUT2D eigenvalue weighted by molar-refractivity contribution is 5.73. The first kappa shape index (κ1) is 8.45. The topological polar surface area (TPSA) is 72.8 Å². The SMILES string of the molecule is CC(=O)N1NCC(O)[C@H]1CO. The summed E-state index contributed by atoms with van der Waals surface area (Å²) >= 11 is 0. The summed E-state index contributed by atoms with van der Waals surface area (Å²) in [7, 11) is 0. The summed E-state index contributed by atoms with van der Waals surface area (Å²) < 4.78 is 0. The van der Waals surface area contributed by atoms with E-state index < -0.39 is 12.1 Å². The van der Waals surface area contributed by atoms with Gasteiger partial charge in [-0.05, 0) is 0 Å². The normalized spacial score (nSPS) is 31.0. The van der Waals surface area contributed by atoms with Crippen molar-refractivity contribution in [1.29, 1.82) is 0 Å². The number of carbonyl (C=O) groups excluding carboxylic acids is 1. The molecule has 1 aliphatic rings. The third-order valence-corrected chi connectivity index (χ3v) is 1.77. The summed E-state index contributed by atoms with van der Waals surface area (Å²) in [6.45, 7) is 1.49. The molecule has 0 radical (unpaired) electrons. The van der Waals surface area contributed by atoms with Gasteiger partial charge in [-0.2, -0.15) is 0 Å². The molecule has 0 aromatic heterocycles. The van der Waals surface area contributed by atoms with Crippen LogP contribution >= 0.6 is 0 Å². The van der Waals surface area contributed by atoms with Crippen molar-refractivity contribution in [3.05, 3.63) is 0 Å². The van der Waals surface area contributed by atoms with Crippen LogP contribution in [-0.2, 0) is 4.79 Å². The Kier molecular flexibility index (Phi) is 2.43. The van der Waals surface area contributed by atoms with Crippen LogP contribution in [0.4, 0.5) is 0 Å². The van der Waals surface area contributed by atoms with Crippen LogP contribution in [0.15, 0.2) is 0 Å². The first-order valence-electron chi connectivity index (χ1n) is 3.49. The van der Waals surface area contributed by atoms with Gasteiger partial charge in [-0.1, -0.05) is 0 Å². The van der Waals surface area contributed by atoms with Crippen molar-refractivity contribution in [2.45, 2.75) is 19.1 Å². The Hall–Kier alpha value is -0.650. The Morgan fingerprint density at radius 1 is 1.82 bits per heavy atom. The van der Waals surface area contributed by atoms with E-state index in [-0.39, 0.29) is 12.5 Å². The molecule has 1 unspecified atom stereocenters. The molecule has 0 aliphatic carbocycles. The smallest absolute Gasteiger partial charge is 0.233 e. The van der Waals surface area contributed by atoms with E-state index in [0.29, 0.717) is 6.54 Å². The average molecular weight is 160 g/mol. The molecule has 1 amide bonds. The molecule has 0 aromatic carbocycles. The first-order chi connectivity index (χ1) is 5.16. The molecular formula is C6H12N2O3. The van der Waals surface area contributed by atoms with Crippen LogP contribution in [0.1, 0.15) is 6.92 Å². The van der Waals surface area contributed by atoms with Crippen LogP contribution in [0.25, 0.3) is 0 Å². The van der Waals surface area contributed by atoms with E-state index >= 15 is 0 Å². The van der Waals surface area contributed by atoms with Crippen LogP contribution in [0.3, 0.4) is 0 Å². The number of nitrogens with one attached hydrogen (secondary N) is 1. The van der Waals surface area contributed by atoms with E-state index in [1.165, 1.54) is 11.9 Å². The number of carbonyl (C=O) groups is 1. The number of hydrazine groups is 1. The summed E-state index contributed by atoms with van der Waals surface area (Å²) in [6, 6.07) is -0.493. The van der Waals surface area contributed by atoms with Crippen molar-refractivity contribution in [3.63, 3.8) is 0 Å². The van der Waals surface area contributed by atoms with Crippen LogP contribution in [0.2, 0.25) is 0 Å². The molecular weight excluding hydrogens is 148 g/mol. The average Bonchev–Trinajstić information content (AvgIpc) is 2.30. The number of hydrogen-bond donors (Lipinski definition) is 3. The zero-order valence-corrected chi connectivity index (χ0v) is 6.32. The van der Waals surface area contributed by atoms with E-state index in [2.05, 4.69) is 5.43 Å². The maximum absolute atomic E-state index is 10.8. The third-order valence-electron chi connectivity index (χ3n) is 1.77. The number of hydrogen-bond acceptors (Lipinski definition) is 4. The lowest BCUT2D eigenvalue weighted by atomic mass is 10.2. The Balaban J connectivity index is 2.61. The van der Waals surface area contributed by atoms with Crippen LogP contribution < -0.4 is 5.43 Å². The Morgan fingerprint density at radius 2 is 2.45 bits per heavy atom. The van der Waals surface area contributed by atoms with Gasteiger partial charge < -0.3 is 10.2 Å². The van der Waals surface area contributed by atoms with Gasteiger partial charge in [-0.3, -0.25) is 9.80 Å². The fourth-order valence-corrected chi connectivity index (χ4v) is 1.17. The van der Waals surface area contributed by atoms with Crippen molar-refractivity contribution in [3.8, 4) is 0 Å². The molecule has 64 valence electrons. The fourth-order valence-electron chi connectivity index (χ4n) is 1.17. The molecule has 5 nitrogen and oxygen atoms in total. The minimum absolute atomic E-state index is 0.194. The van der Waals surface area contributed by atoms with Crippen LogP contribution in [0, 0.1) is 0 Å². The molecule has 0 saturated carbocycles. The summed E-state index contributed by atoms with van der Waals surface area (Å²) in [4.78, 5) is 10.8. The van der Waals surface area contributed by atoms with Gasteiger partial charge in [0.2, 0.25) is 5.91 Å². The van der Waals surface area contributed by atoms with Gasteiger partial charge in [-0.25, -0.2) is 5.43 Å². The van der Waals surface area contributed by atoms with Crippen molar-refractivity contribution in [2.75, 3.05) is 13.2 Å². The van der Waals surface area contributed by atoms with Gasteiger partial charge in [0, 0.05) is 13.5 Å². The number of nitrogens with zero attached hydrogens (tertiary/aromatic N) is 1. The lowest BCUT2D eigenvalue weighted by Gasteiger charge is -2.21.